The predicted octanol–water partition coefficient (Wildman–Crippen LogP) is 3.42. The lowest BCUT2D eigenvalue weighted by Crippen LogP contribution is -1.77. The van der Waals surface area contributed by atoms with Crippen molar-refractivity contribution in [2.24, 2.45) is 0 Å². The second-order valence-corrected chi connectivity index (χ2v) is 4.10. The van der Waals surface area contributed by atoms with Crippen LogP contribution in [0.5, 0.6) is 0 Å². The van der Waals surface area contributed by atoms with Gasteiger partial charge in [-0.25, -0.2) is 0 Å². The first kappa shape index (κ1) is 8.15. The molecule has 10 heavy (non-hydrogen) atoms. The monoisotopic (exact) mass is 172 g/mol. The Hall–Kier alpha value is 0.0500. The third-order valence-electron chi connectivity index (χ3n) is 1.38. The molecule has 1 heterocycles. The maximum Gasteiger partial charge on any atom is 0.0211 e. The molecule has 2 heteroatoms. The van der Waals surface area contributed by atoms with Gasteiger partial charge < -0.3 is 0 Å². The van der Waals surface area contributed by atoms with Crippen LogP contribution in [-0.2, 0) is 6.42 Å². The van der Waals surface area contributed by atoms with Crippen LogP contribution in [-0.4, -0.2) is 5.75 Å². The van der Waals surface area contributed by atoms with Gasteiger partial charge in [0, 0.05) is 10.3 Å². The van der Waals surface area contributed by atoms with Gasteiger partial charge in [-0.1, -0.05) is 13.8 Å². The minimum Gasteiger partial charge on any atom is -0.151 e. The van der Waals surface area contributed by atoms with Crippen molar-refractivity contribution < 1.29 is 0 Å². The molecule has 0 N–H and O–H groups in total. The molecule has 0 atom stereocenters. The van der Waals surface area contributed by atoms with Crippen molar-refractivity contribution in [2.75, 3.05) is 5.75 Å². The largest absolute Gasteiger partial charge is 0.151 e. The van der Waals surface area contributed by atoms with E-state index in [0.717, 1.165) is 0 Å². The summed E-state index contributed by atoms with van der Waals surface area (Å²) in [6, 6.07) is 0. The van der Waals surface area contributed by atoms with Gasteiger partial charge in [0.1, 0.15) is 0 Å². The normalized spacial score (nSPS) is 10.2. The first-order chi connectivity index (χ1) is 4.88. The van der Waals surface area contributed by atoms with Crippen LogP contribution in [0, 0.1) is 0 Å². The molecule has 0 aromatic carbocycles. The standard InChI is InChI=1S/C8H12S2/c1-3-7-5-9-6-8(7)10-4-2/h5-6H,3-4H2,1-2H3. The van der Waals surface area contributed by atoms with Crippen LogP contribution in [0.2, 0.25) is 0 Å². The first-order valence-corrected chi connectivity index (χ1v) is 5.49. The van der Waals surface area contributed by atoms with Gasteiger partial charge in [-0.2, -0.15) is 11.3 Å². The summed E-state index contributed by atoms with van der Waals surface area (Å²) in [7, 11) is 0. The molecule has 0 saturated carbocycles. The van der Waals surface area contributed by atoms with E-state index in [-0.39, 0.29) is 0 Å². The molecule has 0 aliphatic rings. The second kappa shape index (κ2) is 4.04. The molecule has 0 aliphatic heterocycles. The molecule has 0 unspecified atom stereocenters. The van der Waals surface area contributed by atoms with Crippen molar-refractivity contribution >= 4 is 23.1 Å². The van der Waals surface area contributed by atoms with E-state index in [4.69, 9.17) is 0 Å². The van der Waals surface area contributed by atoms with Gasteiger partial charge >= 0.3 is 0 Å². The molecule has 0 radical (unpaired) electrons. The maximum atomic E-state index is 2.25. The van der Waals surface area contributed by atoms with Crippen LogP contribution in [0.15, 0.2) is 15.7 Å². The number of aryl methyl sites for hydroxylation is 1. The Morgan fingerprint density at radius 3 is 2.80 bits per heavy atom. The highest BCUT2D eigenvalue weighted by Gasteiger charge is 1.99. The summed E-state index contributed by atoms with van der Waals surface area (Å²) < 4.78 is 0. The first-order valence-electron chi connectivity index (χ1n) is 3.56. The van der Waals surface area contributed by atoms with Crippen molar-refractivity contribution in [3.05, 3.63) is 16.3 Å². The summed E-state index contributed by atoms with van der Waals surface area (Å²) >= 11 is 3.75. The van der Waals surface area contributed by atoms with Crippen LogP contribution in [0.4, 0.5) is 0 Å². The maximum absolute atomic E-state index is 2.25. The molecule has 56 valence electrons. The molecule has 1 aromatic heterocycles. The van der Waals surface area contributed by atoms with Crippen molar-refractivity contribution in [2.45, 2.75) is 25.2 Å². The van der Waals surface area contributed by atoms with Gasteiger partial charge in [-0.05, 0) is 23.1 Å². The second-order valence-electron chi connectivity index (χ2n) is 2.05. The lowest BCUT2D eigenvalue weighted by atomic mass is 10.3. The zero-order chi connectivity index (χ0) is 7.40. The molecular formula is C8H12S2. The van der Waals surface area contributed by atoms with E-state index in [1.165, 1.54) is 22.6 Å². The van der Waals surface area contributed by atoms with E-state index in [1.54, 1.807) is 0 Å². The van der Waals surface area contributed by atoms with E-state index in [9.17, 15) is 0 Å². The van der Waals surface area contributed by atoms with Gasteiger partial charge in [-0.15, -0.1) is 11.8 Å². The van der Waals surface area contributed by atoms with E-state index >= 15 is 0 Å². The molecule has 0 nitrogen and oxygen atoms in total. The fraction of sp³-hybridized carbons (Fsp3) is 0.500. The van der Waals surface area contributed by atoms with E-state index < -0.39 is 0 Å². The van der Waals surface area contributed by atoms with Crippen LogP contribution >= 0.6 is 23.1 Å². The number of thiophene rings is 1. The van der Waals surface area contributed by atoms with Crippen LogP contribution < -0.4 is 0 Å². The summed E-state index contributed by atoms with van der Waals surface area (Å²) in [6.07, 6.45) is 1.17. The summed E-state index contributed by atoms with van der Waals surface area (Å²) in [5.41, 5.74) is 1.51. The van der Waals surface area contributed by atoms with Crippen LogP contribution in [0.1, 0.15) is 19.4 Å². The van der Waals surface area contributed by atoms with E-state index in [1.807, 2.05) is 23.1 Å². The quantitative estimate of drug-likeness (QED) is 0.629. The minimum atomic E-state index is 1.17. The summed E-state index contributed by atoms with van der Waals surface area (Å²) in [5.74, 6) is 1.18. The van der Waals surface area contributed by atoms with E-state index in [0.29, 0.717) is 0 Å². The lowest BCUT2D eigenvalue weighted by molar-refractivity contribution is 1.10. The van der Waals surface area contributed by atoms with Gasteiger partial charge in [-0.3, -0.25) is 0 Å². The average molecular weight is 172 g/mol. The Bertz CT molecular complexity index is 191. The highest BCUT2D eigenvalue weighted by atomic mass is 32.2. The average Bonchev–Trinajstić information content (AvgIpc) is 2.36. The zero-order valence-corrected chi connectivity index (χ0v) is 8.02. The molecular weight excluding hydrogens is 160 g/mol. The predicted molar refractivity (Wildman–Crippen MR) is 50.1 cm³/mol. The number of hydrogen-bond donors (Lipinski definition) is 0. The Labute approximate surface area is 70.7 Å². The molecule has 1 aromatic rings. The smallest absolute Gasteiger partial charge is 0.0211 e. The lowest BCUT2D eigenvalue weighted by Gasteiger charge is -1.96. The van der Waals surface area contributed by atoms with Gasteiger partial charge in [0.15, 0.2) is 0 Å². The number of hydrogen-bond acceptors (Lipinski definition) is 2. The SMILES string of the molecule is CCSc1cscc1CC. The van der Waals surface area contributed by atoms with Crippen molar-refractivity contribution in [1.29, 1.82) is 0 Å². The molecule has 0 saturated heterocycles. The summed E-state index contributed by atoms with van der Waals surface area (Å²) in [6.45, 7) is 4.41. The Kier molecular flexibility index (Phi) is 3.29. The van der Waals surface area contributed by atoms with Gasteiger partial charge in [0.2, 0.25) is 0 Å². The zero-order valence-electron chi connectivity index (χ0n) is 6.39. The Balaban J connectivity index is 2.70. The van der Waals surface area contributed by atoms with Crippen molar-refractivity contribution in [3.8, 4) is 0 Å². The fourth-order valence-corrected chi connectivity index (χ4v) is 2.87. The Morgan fingerprint density at radius 2 is 2.20 bits per heavy atom. The van der Waals surface area contributed by atoms with E-state index in [2.05, 4.69) is 24.6 Å². The van der Waals surface area contributed by atoms with Crippen molar-refractivity contribution in [1.82, 2.24) is 0 Å². The molecule has 1 rings (SSSR count). The molecule has 0 fully saturated rings. The number of rotatable bonds is 3. The highest BCUT2D eigenvalue weighted by Crippen LogP contribution is 2.26. The van der Waals surface area contributed by atoms with Gasteiger partial charge in [0.05, 0.1) is 0 Å². The molecule has 0 aliphatic carbocycles. The highest BCUT2D eigenvalue weighted by molar-refractivity contribution is 7.99. The topological polar surface area (TPSA) is 0 Å². The third-order valence-corrected chi connectivity index (χ3v) is 3.30. The molecule has 0 amide bonds. The third kappa shape index (κ3) is 1.77. The summed E-state index contributed by atoms with van der Waals surface area (Å²) in [5, 5.41) is 4.49. The fourth-order valence-electron chi connectivity index (χ4n) is 0.852. The Morgan fingerprint density at radius 1 is 1.40 bits per heavy atom. The van der Waals surface area contributed by atoms with Crippen molar-refractivity contribution in [3.63, 3.8) is 0 Å². The summed E-state index contributed by atoms with van der Waals surface area (Å²) in [4.78, 5) is 1.48. The van der Waals surface area contributed by atoms with Gasteiger partial charge in [0.25, 0.3) is 0 Å². The minimum absolute atomic E-state index is 1.17. The molecule has 0 spiro atoms. The molecule has 0 bridgehead atoms. The van der Waals surface area contributed by atoms with Crippen LogP contribution in [0.3, 0.4) is 0 Å². The number of thioether (sulfide) groups is 1. The van der Waals surface area contributed by atoms with Crippen LogP contribution in [0.25, 0.3) is 0 Å².